The van der Waals surface area contributed by atoms with Gasteiger partial charge in [0.05, 0.1) is 18.7 Å². The molecule has 0 unspecified atom stereocenters. The maximum absolute atomic E-state index is 5.89. The molecule has 1 heterocycles. The number of hydrogen-bond acceptors (Lipinski definition) is 5. The number of aryl methyl sites for hydroxylation is 1. The summed E-state index contributed by atoms with van der Waals surface area (Å²) < 4.78 is 11.0. The van der Waals surface area contributed by atoms with Crippen molar-refractivity contribution in [3.05, 3.63) is 59.9 Å². The molecule has 1 aromatic heterocycles. The van der Waals surface area contributed by atoms with Crippen molar-refractivity contribution in [3.8, 4) is 5.75 Å². The second kappa shape index (κ2) is 8.44. The summed E-state index contributed by atoms with van der Waals surface area (Å²) in [5.41, 5.74) is 3.33. The number of para-hydroxylation sites is 1. The molecule has 0 atom stereocenters. The Morgan fingerprint density at radius 1 is 1.04 bits per heavy atom. The zero-order valence-corrected chi connectivity index (χ0v) is 14.7. The van der Waals surface area contributed by atoms with E-state index in [1.165, 1.54) is 5.56 Å². The largest absolute Gasteiger partial charge is 0.491 e. The molecule has 0 amide bonds. The number of hydrogen-bond donors (Lipinski definition) is 1. The van der Waals surface area contributed by atoms with E-state index >= 15 is 0 Å². The molecule has 25 heavy (non-hydrogen) atoms. The highest BCUT2D eigenvalue weighted by atomic mass is 16.5. The first-order valence-electron chi connectivity index (χ1n) is 8.43. The van der Waals surface area contributed by atoms with E-state index in [0.29, 0.717) is 13.2 Å². The van der Waals surface area contributed by atoms with Crippen LogP contribution >= 0.6 is 0 Å². The molecule has 5 heteroatoms. The van der Waals surface area contributed by atoms with Gasteiger partial charge in [-0.25, -0.2) is 9.97 Å². The van der Waals surface area contributed by atoms with Gasteiger partial charge in [0.15, 0.2) is 0 Å². The summed E-state index contributed by atoms with van der Waals surface area (Å²) in [5.74, 6) is 1.75. The average molecular weight is 337 g/mol. The third-order valence-electron chi connectivity index (χ3n) is 4.03. The molecule has 0 saturated heterocycles. The molecule has 3 rings (SSSR count). The smallest absolute Gasteiger partial charge is 0.137 e. The van der Waals surface area contributed by atoms with Crippen LogP contribution in [0.3, 0.4) is 0 Å². The lowest BCUT2D eigenvalue weighted by Gasteiger charge is -2.12. The molecular formula is C20H23N3O2. The first-order valence-corrected chi connectivity index (χ1v) is 8.43. The summed E-state index contributed by atoms with van der Waals surface area (Å²) in [5, 5.41) is 4.34. The first-order chi connectivity index (χ1) is 12.3. The Labute approximate surface area is 148 Å². The molecule has 0 saturated carbocycles. The maximum atomic E-state index is 5.89. The normalized spacial score (nSPS) is 10.8. The lowest BCUT2D eigenvalue weighted by molar-refractivity contribution is 0.202. The van der Waals surface area contributed by atoms with Crippen LogP contribution in [0.25, 0.3) is 10.9 Å². The monoisotopic (exact) mass is 337 g/mol. The highest BCUT2D eigenvalue weighted by molar-refractivity contribution is 5.88. The second-order valence-electron chi connectivity index (χ2n) is 5.86. The van der Waals surface area contributed by atoms with Crippen molar-refractivity contribution in [2.24, 2.45) is 0 Å². The number of aromatic nitrogens is 2. The van der Waals surface area contributed by atoms with Gasteiger partial charge in [0.25, 0.3) is 0 Å². The highest BCUT2D eigenvalue weighted by Gasteiger charge is 2.04. The zero-order chi connectivity index (χ0) is 17.5. The average Bonchev–Trinajstić information content (AvgIpc) is 2.65. The van der Waals surface area contributed by atoms with Crippen LogP contribution in [-0.2, 0) is 11.2 Å². The second-order valence-corrected chi connectivity index (χ2v) is 5.86. The van der Waals surface area contributed by atoms with Crippen molar-refractivity contribution >= 4 is 16.7 Å². The number of fused-ring (bicyclic) bond motifs is 1. The number of rotatable bonds is 8. The van der Waals surface area contributed by atoms with Crippen LogP contribution in [0.5, 0.6) is 5.75 Å². The molecule has 0 radical (unpaired) electrons. The topological polar surface area (TPSA) is 56.3 Å². The predicted molar refractivity (Wildman–Crippen MR) is 100 cm³/mol. The van der Waals surface area contributed by atoms with Gasteiger partial charge in [0.2, 0.25) is 0 Å². The fourth-order valence-electron chi connectivity index (χ4n) is 2.72. The van der Waals surface area contributed by atoms with E-state index in [2.05, 4.69) is 34.3 Å². The van der Waals surface area contributed by atoms with Gasteiger partial charge in [-0.3, -0.25) is 0 Å². The van der Waals surface area contributed by atoms with Gasteiger partial charge in [-0.05, 0) is 42.7 Å². The first kappa shape index (κ1) is 17.2. The molecule has 1 N–H and O–H groups in total. The summed E-state index contributed by atoms with van der Waals surface area (Å²) in [7, 11) is 1.72. The van der Waals surface area contributed by atoms with E-state index in [1.54, 1.807) is 13.4 Å². The minimum Gasteiger partial charge on any atom is -0.491 e. The lowest BCUT2D eigenvalue weighted by Crippen LogP contribution is -2.13. The van der Waals surface area contributed by atoms with Crippen molar-refractivity contribution < 1.29 is 9.47 Å². The molecule has 0 spiro atoms. The molecule has 0 aliphatic carbocycles. The van der Waals surface area contributed by atoms with Crippen molar-refractivity contribution in [2.45, 2.75) is 13.3 Å². The molecule has 130 valence electrons. The Bertz CT molecular complexity index is 831. The fraction of sp³-hybridized carbons (Fsp3) is 0.300. The van der Waals surface area contributed by atoms with Gasteiger partial charge in [0, 0.05) is 12.5 Å². The van der Waals surface area contributed by atoms with Crippen LogP contribution in [0.1, 0.15) is 11.1 Å². The van der Waals surface area contributed by atoms with Crippen molar-refractivity contribution in [1.29, 1.82) is 0 Å². The molecule has 0 bridgehead atoms. The van der Waals surface area contributed by atoms with E-state index < -0.39 is 0 Å². The molecule has 0 aliphatic heterocycles. The minimum absolute atomic E-state index is 0.566. The Hall–Kier alpha value is -2.66. The molecule has 0 fully saturated rings. The van der Waals surface area contributed by atoms with Crippen molar-refractivity contribution in [3.63, 3.8) is 0 Å². The van der Waals surface area contributed by atoms with Crippen molar-refractivity contribution in [2.75, 3.05) is 32.2 Å². The fourth-order valence-corrected chi connectivity index (χ4v) is 2.72. The van der Waals surface area contributed by atoms with Crippen LogP contribution in [0, 0.1) is 6.92 Å². The third kappa shape index (κ3) is 4.45. The number of benzene rings is 2. The third-order valence-corrected chi connectivity index (χ3v) is 4.03. The Balaban J connectivity index is 1.54. The molecule has 0 aliphatic rings. The van der Waals surface area contributed by atoms with E-state index in [9.17, 15) is 0 Å². The van der Waals surface area contributed by atoms with Crippen LogP contribution in [0.15, 0.2) is 48.8 Å². The van der Waals surface area contributed by atoms with Gasteiger partial charge in [-0.2, -0.15) is 0 Å². The predicted octanol–water partition coefficient (Wildman–Crippen LogP) is 3.62. The summed E-state index contributed by atoms with van der Waals surface area (Å²) in [4.78, 5) is 8.59. The van der Waals surface area contributed by atoms with Gasteiger partial charge < -0.3 is 14.8 Å². The van der Waals surface area contributed by atoms with E-state index in [-0.39, 0.29) is 0 Å². The van der Waals surface area contributed by atoms with E-state index in [1.807, 2.05) is 30.3 Å². The van der Waals surface area contributed by atoms with Crippen molar-refractivity contribution in [1.82, 2.24) is 9.97 Å². The molecule has 5 nitrogen and oxygen atoms in total. The number of anilines is 1. The number of nitrogens with one attached hydrogen (secondary N) is 1. The standard InChI is InChI=1S/C20H23N3O2/c1-15-13-16(9-11-24-2)7-8-19(15)25-12-10-21-20-17-5-3-4-6-18(17)22-14-23-20/h3-8,13-14H,9-12H2,1-2H3,(H,21,22,23). The van der Waals surface area contributed by atoms with Gasteiger partial charge >= 0.3 is 0 Å². The summed E-state index contributed by atoms with van der Waals surface area (Å²) in [6.45, 7) is 4.04. The highest BCUT2D eigenvalue weighted by Crippen LogP contribution is 2.20. The van der Waals surface area contributed by atoms with Gasteiger partial charge in [-0.1, -0.05) is 24.3 Å². The maximum Gasteiger partial charge on any atom is 0.137 e. The number of methoxy groups -OCH3 is 1. The van der Waals surface area contributed by atoms with Crippen LogP contribution in [0.4, 0.5) is 5.82 Å². The number of ether oxygens (including phenoxy) is 2. The van der Waals surface area contributed by atoms with E-state index in [0.717, 1.165) is 41.1 Å². The zero-order valence-electron chi connectivity index (χ0n) is 14.7. The molecular weight excluding hydrogens is 314 g/mol. The molecule has 2 aromatic carbocycles. The van der Waals surface area contributed by atoms with Gasteiger partial charge in [-0.15, -0.1) is 0 Å². The van der Waals surface area contributed by atoms with Gasteiger partial charge in [0.1, 0.15) is 24.5 Å². The minimum atomic E-state index is 0.566. The van der Waals surface area contributed by atoms with E-state index in [4.69, 9.17) is 9.47 Å². The summed E-state index contributed by atoms with van der Waals surface area (Å²) in [6, 6.07) is 14.2. The number of nitrogens with zero attached hydrogens (tertiary/aromatic N) is 2. The van der Waals surface area contributed by atoms with Crippen LogP contribution < -0.4 is 10.1 Å². The lowest BCUT2D eigenvalue weighted by atomic mass is 10.1. The Kier molecular flexibility index (Phi) is 5.80. The Morgan fingerprint density at radius 3 is 2.76 bits per heavy atom. The summed E-state index contributed by atoms with van der Waals surface area (Å²) in [6.07, 6.45) is 2.49. The van der Waals surface area contributed by atoms with Crippen LogP contribution in [-0.4, -0.2) is 36.8 Å². The van der Waals surface area contributed by atoms with Crippen LogP contribution in [0.2, 0.25) is 0 Å². The molecule has 3 aromatic rings. The SMILES string of the molecule is COCCc1ccc(OCCNc2ncnc3ccccc23)c(C)c1. The Morgan fingerprint density at radius 2 is 1.92 bits per heavy atom. The summed E-state index contributed by atoms with van der Waals surface area (Å²) >= 11 is 0. The quantitative estimate of drug-likeness (QED) is 0.636.